The van der Waals surface area contributed by atoms with Crippen LogP contribution in [0.15, 0.2) is 67.0 Å². The standard InChI is InChI=1S/C21H21NO3/c1-23-16-7-5-15(6-8-16)18-14-21(22-11-3-4-12-22)25-20-10-9-17(24-2)13-19(18)20/h3-13,18,21H,14H2,1-2H3. The molecule has 0 amide bonds. The third-order valence-electron chi connectivity index (χ3n) is 4.77. The highest BCUT2D eigenvalue weighted by Crippen LogP contribution is 2.45. The molecule has 25 heavy (non-hydrogen) atoms. The molecular weight excluding hydrogens is 314 g/mol. The van der Waals surface area contributed by atoms with Crippen LogP contribution >= 0.6 is 0 Å². The van der Waals surface area contributed by atoms with E-state index in [4.69, 9.17) is 14.2 Å². The van der Waals surface area contributed by atoms with Gasteiger partial charge in [0.05, 0.1) is 14.2 Å². The molecule has 0 bridgehead atoms. The maximum absolute atomic E-state index is 6.26. The van der Waals surface area contributed by atoms with E-state index in [-0.39, 0.29) is 12.1 Å². The Morgan fingerprint density at radius 2 is 1.60 bits per heavy atom. The highest BCUT2D eigenvalue weighted by Gasteiger charge is 2.30. The lowest BCUT2D eigenvalue weighted by Gasteiger charge is -2.33. The average molecular weight is 335 g/mol. The zero-order valence-corrected chi connectivity index (χ0v) is 14.4. The first-order valence-corrected chi connectivity index (χ1v) is 8.39. The fourth-order valence-electron chi connectivity index (χ4n) is 3.43. The van der Waals surface area contributed by atoms with Gasteiger partial charge in [0.1, 0.15) is 17.2 Å². The van der Waals surface area contributed by atoms with Crippen molar-refractivity contribution in [3.8, 4) is 17.2 Å². The third-order valence-corrected chi connectivity index (χ3v) is 4.77. The van der Waals surface area contributed by atoms with Crippen LogP contribution in [0.5, 0.6) is 17.2 Å². The first-order chi connectivity index (χ1) is 12.3. The number of hydrogen-bond donors (Lipinski definition) is 0. The molecule has 128 valence electrons. The van der Waals surface area contributed by atoms with Gasteiger partial charge in [0, 0.05) is 30.3 Å². The van der Waals surface area contributed by atoms with Crippen LogP contribution in [0.2, 0.25) is 0 Å². The van der Waals surface area contributed by atoms with Crippen molar-refractivity contribution in [3.63, 3.8) is 0 Å². The fraction of sp³-hybridized carbons (Fsp3) is 0.238. The van der Waals surface area contributed by atoms with Gasteiger partial charge in [-0.2, -0.15) is 0 Å². The van der Waals surface area contributed by atoms with Crippen LogP contribution in [0.3, 0.4) is 0 Å². The molecule has 0 fully saturated rings. The van der Waals surface area contributed by atoms with Crippen LogP contribution < -0.4 is 14.2 Å². The van der Waals surface area contributed by atoms with E-state index in [1.54, 1.807) is 14.2 Å². The van der Waals surface area contributed by atoms with E-state index in [1.165, 1.54) is 5.56 Å². The molecule has 4 heteroatoms. The van der Waals surface area contributed by atoms with Crippen molar-refractivity contribution in [1.82, 2.24) is 4.57 Å². The molecule has 2 heterocycles. The van der Waals surface area contributed by atoms with Gasteiger partial charge in [-0.15, -0.1) is 0 Å². The third kappa shape index (κ3) is 2.95. The maximum atomic E-state index is 6.26. The molecule has 0 radical (unpaired) electrons. The molecule has 3 aromatic rings. The van der Waals surface area contributed by atoms with Gasteiger partial charge >= 0.3 is 0 Å². The SMILES string of the molecule is COc1ccc(C2CC(n3cccc3)Oc3ccc(OC)cc32)cc1. The van der Waals surface area contributed by atoms with Crippen LogP contribution in [-0.4, -0.2) is 18.8 Å². The van der Waals surface area contributed by atoms with E-state index in [0.29, 0.717) is 0 Å². The van der Waals surface area contributed by atoms with E-state index in [0.717, 1.165) is 29.2 Å². The van der Waals surface area contributed by atoms with E-state index >= 15 is 0 Å². The van der Waals surface area contributed by atoms with Gasteiger partial charge in [0.2, 0.25) is 0 Å². The average Bonchev–Trinajstić information content (AvgIpc) is 3.21. The zero-order chi connectivity index (χ0) is 17.2. The van der Waals surface area contributed by atoms with Crippen molar-refractivity contribution in [2.45, 2.75) is 18.6 Å². The molecule has 0 aliphatic carbocycles. The minimum atomic E-state index is -0.0250. The summed E-state index contributed by atoms with van der Waals surface area (Å²) in [6.45, 7) is 0. The van der Waals surface area contributed by atoms with Gasteiger partial charge in [0.15, 0.2) is 6.23 Å². The molecule has 1 aliphatic rings. The van der Waals surface area contributed by atoms with Crippen molar-refractivity contribution in [1.29, 1.82) is 0 Å². The Balaban J connectivity index is 1.76. The van der Waals surface area contributed by atoms with Gasteiger partial charge in [-0.1, -0.05) is 12.1 Å². The van der Waals surface area contributed by atoms with Crippen molar-refractivity contribution in [3.05, 3.63) is 78.1 Å². The number of ether oxygens (including phenoxy) is 3. The summed E-state index contributed by atoms with van der Waals surface area (Å²) in [5.41, 5.74) is 2.41. The van der Waals surface area contributed by atoms with Crippen LogP contribution in [-0.2, 0) is 0 Å². The van der Waals surface area contributed by atoms with Crippen LogP contribution in [0.25, 0.3) is 0 Å². The first-order valence-electron chi connectivity index (χ1n) is 8.39. The highest BCUT2D eigenvalue weighted by molar-refractivity contribution is 5.48. The molecule has 0 spiro atoms. The predicted octanol–water partition coefficient (Wildman–Crippen LogP) is 4.62. The summed E-state index contributed by atoms with van der Waals surface area (Å²) in [7, 11) is 3.38. The number of fused-ring (bicyclic) bond motifs is 1. The molecule has 4 nitrogen and oxygen atoms in total. The minimum absolute atomic E-state index is 0.0250. The van der Waals surface area contributed by atoms with Crippen molar-refractivity contribution in [2.75, 3.05) is 14.2 Å². The van der Waals surface area contributed by atoms with E-state index in [2.05, 4.69) is 22.8 Å². The van der Waals surface area contributed by atoms with Crippen LogP contribution in [0.1, 0.15) is 29.7 Å². The van der Waals surface area contributed by atoms with E-state index < -0.39 is 0 Å². The van der Waals surface area contributed by atoms with Crippen molar-refractivity contribution >= 4 is 0 Å². The molecule has 0 saturated carbocycles. The Morgan fingerprint density at radius 3 is 2.28 bits per heavy atom. The topological polar surface area (TPSA) is 32.6 Å². The largest absolute Gasteiger partial charge is 0.497 e. The number of hydrogen-bond acceptors (Lipinski definition) is 3. The second-order valence-electron chi connectivity index (χ2n) is 6.17. The highest BCUT2D eigenvalue weighted by atomic mass is 16.5. The normalized spacial score (nSPS) is 19.0. The predicted molar refractivity (Wildman–Crippen MR) is 96.5 cm³/mol. The number of rotatable bonds is 4. The summed E-state index contributed by atoms with van der Waals surface area (Å²) in [6, 6.07) is 18.4. The molecule has 1 aliphatic heterocycles. The second kappa shape index (κ2) is 6.55. The maximum Gasteiger partial charge on any atom is 0.176 e. The van der Waals surface area contributed by atoms with Gasteiger partial charge < -0.3 is 18.8 Å². The zero-order valence-electron chi connectivity index (χ0n) is 14.4. The van der Waals surface area contributed by atoms with E-state index in [9.17, 15) is 0 Å². The van der Waals surface area contributed by atoms with Crippen molar-refractivity contribution in [2.24, 2.45) is 0 Å². The van der Waals surface area contributed by atoms with Gasteiger partial charge in [-0.3, -0.25) is 0 Å². The van der Waals surface area contributed by atoms with Crippen LogP contribution in [0.4, 0.5) is 0 Å². The van der Waals surface area contributed by atoms with Crippen molar-refractivity contribution < 1.29 is 14.2 Å². The summed E-state index contributed by atoms with van der Waals surface area (Å²) in [6.07, 6.45) is 4.93. The molecule has 1 aromatic heterocycles. The Morgan fingerprint density at radius 1 is 0.920 bits per heavy atom. The number of benzene rings is 2. The molecule has 4 rings (SSSR count). The lowest BCUT2D eigenvalue weighted by Crippen LogP contribution is -2.23. The monoisotopic (exact) mass is 335 g/mol. The van der Waals surface area contributed by atoms with Gasteiger partial charge in [-0.05, 0) is 48.0 Å². The summed E-state index contributed by atoms with van der Waals surface area (Å²) in [5, 5.41) is 0. The fourth-order valence-corrected chi connectivity index (χ4v) is 3.43. The molecule has 0 N–H and O–H groups in total. The molecule has 2 atom stereocenters. The second-order valence-corrected chi connectivity index (χ2v) is 6.17. The molecular formula is C21H21NO3. The minimum Gasteiger partial charge on any atom is -0.497 e. The number of nitrogens with zero attached hydrogens (tertiary/aromatic N) is 1. The smallest absolute Gasteiger partial charge is 0.176 e. The summed E-state index contributed by atoms with van der Waals surface area (Å²) in [4.78, 5) is 0. The Labute approximate surface area is 147 Å². The van der Waals surface area contributed by atoms with Gasteiger partial charge in [-0.25, -0.2) is 0 Å². The molecule has 2 unspecified atom stereocenters. The number of aromatic nitrogens is 1. The van der Waals surface area contributed by atoms with Crippen LogP contribution in [0, 0.1) is 0 Å². The molecule has 2 aromatic carbocycles. The number of methoxy groups -OCH3 is 2. The molecule has 0 saturated heterocycles. The summed E-state index contributed by atoms with van der Waals surface area (Å²) >= 11 is 0. The summed E-state index contributed by atoms with van der Waals surface area (Å²) < 4.78 is 19.1. The van der Waals surface area contributed by atoms with Gasteiger partial charge in [0.25, 0.3) is 0 Å². The lowest BCUT2D eigenvalue weighted by atomic mass is 9.85. The Hall–Kier alpha value is -2.88. The first kappa shape index (κ1) is 15.6. The quantitative estimate of drug-likeness (QED) is 0.697. The van der Waals surface area contributed by atoms with E-state index in [1.807, 2.05) is 48.8 Å². The Kier molecular flexibility index (Phi) is 4.10. The summed E-state index contributed by atoms with van der Waals surface area (Å²) in [5.74, 6) is 2.85. The lowest BCUT2D eigenvalue weighted by molar-refractivity contribution is 0.0996. The Bertz CT molecular complexity index is 840.